The molecule has 7 unspecified atom stereocenters. The first-order valence-corrected chi connectivity index (χ1v) is 40.8. The average Bonchev–Trinajstić information content (AvgIpc) is 1.56. The minimum absolute atomic E-state index is 0. The fourth-order valence-electron chi connectivity index (χ4n) is 13.5. The molecule has 7 atom stereocenters. The Morgan fingerprint density at radius 2 is 0.636 bits per heavy atom. The normalized spacial score (nSPS) is 20.7. The Kier molecular flexibility index (Phi) is 78.8. The maximum absolute atomic E-state index is 13.5. The van der Waals surface area contributed by atoms with Gasteiger partial charge in [-0.1, -0.05) is 248 Å². The Morgan fingerprint density at radius 3 is 0.915 bits per heavy atom. The van der Waals surface area contributed by atoms with Crippen LogP contribution in [0.4, 0.5) is 22.0 Å². The molecule has 0 aromatic rings. The second-order valence-electron chi connectivity index (χ2n) is 34.0. The first-order chi connectivity index (χ1) is 49.6. The molecule has 0 spiro atoms. The van der Waals surface area contributed by atoms with Gasteiger partial charge >= 0.3 is 42.0 Å². The zero-order valence-corrected chi connectivity index (χ0v) is 69.3. The van der Waals surface area contributed by atoms with Gasteiger partial charge in [0.05, 0.1) is 53.9 Å². The zero-order valence-electron chi connectivity index (χ0n) is 69.3. The van der Waals surface area contributed by atoms with E-state index in [1.807, 2.05) is 69.2 Å². The number of carbonyl (C=O) groups excluding carboxylic acids is 6. The summed E-state index contributed by atoms with van der Waals surface area (Å²) in [5.41, 5.74) is -6.94. The number of carbonyl (C=O) groups is 6. The van der Waals surface area contributed by atoms with Gasteiger partial charge in [0.1, 0.15) is 0 Å². The van der Waals surface area contributed by atoms with Crippen LogP contribution in [0.3, 0.4) is 0 Å². The van der Waals surface area contributed by atoms with Gasteiger partial charge in [0, 0.05) is 0 Å². The summed E-state index contributed by atoms with van der Waals surface area (Å²) < 4.78 is 129. The summed E-state index contributed by atoms with van der Waals surface area (Å²) in [5.74, 6) is -1.32. The van der Waals surface area contributed by atoms with Crippen molar-refractivity contribution >= 4 is 35.8 Å². The van der Waals surface area contributed by atoms with Crippen LogP contribution in [0.25, 0.3) is 0 Å². The van der Waals surface area contributed by atoms with Crippen LogP contribution >= 0.6 is 0 Å². The molecule has 0 aromatic carbocycles. The predicted octanol–water partition coefficient (Wildman–Crippen LogP) is 29.0. The molecule has 0 aliphatic heterocycles. The van der Waals surface area contributed by atoms with Crippen LogP contribution in [0.5, 0.6) is 0 Å². The Hall–Kier alpha value is -3.77. The Bertz CT molecular complexity index is 2480. The van der Waals surface area contributed by atoms with E-state index in [1.165, 1.54) is 104 Å². The molecule has 0 aromatic heterocycles. The monoisotopic (exact) mass is 1720 g/mol. The number of alkyl halides is 5. The number of halogens is 5. The first-order valence-electron chi connectivity index (χ1n) is 40.8. The summed E-state index contributed by atoms with van der Waals surface area (Å²) in [6.07, 6.45) is 30.3. The molecular formula is C95H195F5O18. The molecule has 718 valence electrons. The summed E-state index contributed by atoms with van der Waals surface area (Å²) in [4.78, 5) is 69.5. The minimum atomic E-state index is -4.61. The lowest BCUT2D eigenvalue weighted by Crippen LogP contribution is -2.43. The molecular weight excluding hydrogens is 1520 g/mol. The minimum Gasteiger partial charge on any atom is -0.438 e. The second kappa shape index (κ2) is 67.6. The van der Waals surface area contributed by atoms with Crippen LogP contribution in [0.2, 0.25) is 0 Å². The first kappa shape index (κ1) is 137. The summed E-state index contributed by atoms with van der Waals surface area (Å²) in [5, 5.41) is 0. The van der Waals surface area contributed by atoms with Crippen molar-refractivity contribution in [1.82, 2.24) is 0 Å². The van der Waals surface area contributed by atoms with Crippen LogP contribution in [0.1, 0.15) is 439 Å². The van der Waals surface area contributed by atoms with Crippen molar-refractivity contribution in [2.75, 3.05) is 47.2 Å². The largest absolute Gasteiger partial charge is 0.438 e. The van der Waals surface area contributed by atoms with E-state index < -0.39 is 70.2 Å². The van der Waals surface area contributed by atoms with Crippen LogP contribution in [-0.2, 0) is 85.6 Å². The van der Waals surface area contributed by atoms with Gasteiger partial charge in [-0.2, -0.15) is 13.2 Å². The highest BCUT2D eigenvalue weighted by Gasteiger charge is 2.62. The number of ether oxygens (including phenoxy) is 12. The molecule has 7 rings (SSSR count). The molecule has 0 N–H and O–H groups in total. The van der Waals surface area contributed by atoms with Crippen molar-refractivity contribution in [1.29, 1.82) is 0 Å². The smallest absolute Gasteiger partial charge is 0.404 e. The van der Waals surface area contributed by atoms with Crippen molar-refractivity contribution in [3.05, 3.63) is 0 Å². The summed E-state index contributed by atoms with van der Waals surface area (Å²) in [6, 6.07) is 0. The molecule has 0 radical (unpaired) electrons. The highest BCUT2D eigenvalue weighted by Crippen LogP contribution is 2.66. The van der Waals surface area contributed by atoms with Gasteiger partial charge in [-0.15, -0.1) is 0 Å². The van der Waals surface area contributed by atoms with Crippen molar-refractivity contribution in [2.45, 2.75) is 487 Å². The van der Waals surface area contributed by atoms with E-state index in [-0.39, 0.29) is 183 Å². The zero-order chi connectivity index (χ0) is 80.1. The van der Waals surface area contributed by atoms with E-state index in [2.05, 4.69) is 25.5 Å². The van der Waals surface area contributed by atoms with E-state index in [1.54, 1.807) is 13.8 Å². The third-order valence-corrected chi connectivity index (χ3v) is 24.5. The second-order valence-corrected chi connectivity index (χ2v) is 34.0. The molecule has 7 aliphatic carbocycles. The molecule has 7 fully saturated rings. The Balaban J connectivity index is -0.000000127. The summed E-state index contributed by atoms with van der Waals surface area (Å²) in [6.45, 7) is 35.3. The molecule has 18 nitrogen and oxygen atoms in total. The Morgan fingerprint density at radius 1 is 0.356 bits per heavy atom. The van der Waals surface area contributed by atoms with E-state index in [9.17, 15) is 50.7 Å². The maximum atomic E-state index is 13.5. The average molecular weight is 1720 g/mol. The molecule has 23 heteroatoms. The van der Waals surface area contributed by atoms with Crippen LogP contribution in [0, 0.1) is 50.2 Å². The van der Waals surface area contributed by atoms with Gasteiger partial charge in [0.2, 0.25) is 11.3 Å². The van der Waals surface area contributed by atoms with E-state index >= 15 is 0 Å². The number of hydrogen-bond donors (Lipinski definition) is 0. The molecule has 7 saturated carbocycles. The maximum Gasteiger partial charge on any atom is 0.404 e. The third kappa shape index (κ3) is 47.9. The molecule has 0 amide bonds. The Labute approximate surface area is 724 Å². The van der Waals surface area contributed by atoms with Crippen LogP contribution in [-0.4, -0.2) is 131 Å². The number of esters is 6. The molecule has 118 heavy (non-hydrogen) atoms. The molecule has 0 saturated heterocycles. The van der Waals surface area contributed by atoms with Crippen LogP contribution < -0.4 is 0 Å². The summed E-state index contributed by atoms with van der Waals surface area (Å²) in [7, 11) is 0. The van der Waals surface area contributed by atoms with Gasteiger partial charge in [-0.05, 0) is 220 Å². The van der Waals surface area contributed by atoms with Crippen molar-refractivity contribution in [2.24, 2.45) is 50.2 Å². The van der Waals surface area contributed by atoms with Crippen molar-refractivity contribution in [3.8, 4) is 0 Å². The van der Waals surface area contributed by atoms with Crippen molar-refractivity contribution in [3.63, 3.8) is 0 Å². The fourth-order valence-corrected chi connectivity index (χ4v) is 13.5. The van der Waals surface area contributed by atoms with E-state index in [0.717, 1.165) is 142 Å². The predicted molar refractivity (Wildman–Crippen MR) is 480 cm³/mol. The summed E-state index contributed by atoms with van der Waals surface area (Å²) >= 11 is 0. The topological polar surface area (TPSA) is 213 Å². The quantitative estimate of drug-likeness (QED) is 0.0153. The number of hydrogen-bond acceptors (Lipinski definition) is 18. The van der Waals surface area contributed by atoms with E-state index in [0.29, 0.717) is 17.3 Å². The van der Waals surface area contributed by atoms with E-state index in [4.69, 9.17) is 52.1 Å². The van der Waals surface area contributed by atoms with Gasteiger partial charge in [0.25, 0.3) is 0 Å². The lowest BCUT2D eigenvalue weighted by Gasteiger charge is -2.39. The third-order valence-electron chi connectivity index (χ3n) is 24.5. The lowest BCUT2D eigenvalue weighted by atomic mass is 9.70. The lowest BCUT2D eigenvalue weighted by molar-refractivity contribution is -0.237. The fraction of sp³-hybridized carbons (Fsp3) is 0.937. The standard InChI is InChI=1S/C18H32O3.C14H23F3O3.C14H26O3.C13H23FO3.C13H24O3.C11H19FO3.12CH4/c1-8-16(3,4)15(19)21-12(2)20-14-11-13-9-10-18(14,7)17(13,5)6;1-3-13(2,14(15,16)17)12(18)20-10-19-11-8-6-4-5-7-9-11;1-4-14(2,3)13(15)17-11-16-10-12-8-6-5-7-9-12;1-3-13(2,14)12(15)17-10-16-11-8-6-4-5-7-9-11;1-4-13(2,3)12(14)16-10-15-9-11-7-5-6-8-11;1-3-11(2,12)10(13)15-8-14-9-6-4-5-7-9;;;;;;;;;;;;/h12-14H,8-11H2,1-7H3;11H,3-10H2,1-2H3;12H,4-11H2,1-3H3;11H,3-10H2,1-2H3;11H,4-10H2,1-3H3;9H,3-8H2,1-2H3;12*1H4. The van der Waals surface area contributed by atoms with Gasteiger partial charge in [-0.3, -0.25) is 19.2 Å². The molecule has 7 aliphatic rings. The molecule has 2 bridgehead atoms. The van der Waals surface area contributed by atoms with Gasteiger partial charge in [0.15, 0.2) is 45.7 Å². The number of fused-ring (bicyclic) bond motifs is 2. The van der Waals surface area contributed by atoms with Gasteiger partial charge in [-0.25, -0.2) is 18.4 Å². The highest BCUT2D eigenvalue weighted by atomic mass is 19.4. The van der Waals surface area contributed by atoms with Gasteiger partial charge < -0.3 is 56.8 Å². The highest BCUT2D eigenvalue weighted by molar-refractivity contribution is 5.79. The SMILES string of the molecule is C.C.C.C.C.C.C.C.C.C.C.C.CCC(C)(C(=O)OCOC1CCCCCC1)C(F)(F)F.CCC(C)(C)C(=O)OC(C)OC1CC2CCC1(C)C2(C)C.CCC(C)(C)C(=O)OCOCC1CCCC1.CCC(C)(C)C(=O)OCOCC1CCCCC1.CCC(C)(F)C(=O)OCOC1CCCC1.CCC(C)(F)C(=O)OCOC1CCCCCC1. The molecule has 0 heterocycles. The number of rotatable bonds is 32. The van der Waals surface area contributed by atoms with Crippen LogP contribution in [0.15, 0.2) is 0 Å². The van der Waals surface area contributed by atoms with Crippen molar-refractivity contribution < 1.29 is 108 Å².